The molecule has 1 fully saturated rings. The number of hydrogen-bond acceptors (Lipinski definition) is 4. The van der Waals surface area contributed by atoms with Crippen LogP contribution in [-0.4, -0.2) is 42.5 Å². The fourth-order valence-electron chi connectivity index (χ4n) is 2.55. The number of piperazine rings is 1. The maximum absolute atomic E-state index is 12.2. The number of nitrogens with one attached hydrogen (secondary N) is 1. The van der Waals surface area contributed by atoms with Gasteiger partial charge in [0.25, 0.3) is 0 Å². The number of amides is 1. The monoisotopic (exact) mass is 318 g/mol. The van der Waals surface area contributed by atoms with Crippen LogP contribution in [0.2, 0.25) is 0 Å². The number of ketones is 1. The molecule has 1 heterocycles. The first-order valence-electron chi connectivity index (χ1n) is 8.28. The van der Waals surface area contributed by atoms with Gasteiger partial charge in [-0.3, -0.25) is 4.79 Å². The van der Waals surface area contributed by atoms with E-state index in [0.29, 0.717) is 32.0 Å². The summed E-state index contributed by atoms with van der Waals surface area (Å²) in [7, 11) is 0. The number of rotatable bonds is 6. The lowest BCUT2D eigenvalue weighted by molar-refractivity contribution is -0.122. The lowest BCUT2D eigenvalue weighted by Gasteiger charge is -2.32. The maximum Gasteiger partial charge on any atom is 0.410 e. The highest BCUT2D eigenvalue weighted by Gasteiger charge is 2.28. The minimum absolute atomic E-state index is 0.180. The lowest BCUT2D eigenvalue weighted by atomic mass is 10.0. The minimum Gasteiger partial charge on any atom is -0.445 e. The number of ether oxygens (including phenoxy) is 1. The highest BCUT2D eigenvalue weighted by Crippen LogP contribution is 2.10. The van der Waals surface area contributed by atoms with Gasteiger partial charge < -0.3 is 15.0 Å². The molecule has 1 amide bonds. The van der Waals surface area contributed by atoms with E-state index in [1.165, 1.54) is 0 Å². The van der Waals surface area contributed by atoms with Gasteiger partial charge in [0.15, 0.2) is 5.78 Å². The van der Waals surface area contributed by atoms with Gasteiger partial charge >= 0.3 is 6.09 Å². The molecule has 5 heteroatoms. The van der Waals surface area contributed by atoms with Gasteiger partial charge in [0.2, 0.25) is 0 Å². The summed E-state index contributed by atoms with van der Waals surface area (Å²) in [5.41, 5.74) is 0.959. The first kappa shape index (κ1) is 17.5. The molecule has 0 aromatic heterocycles. The molecule has 5 nitrogen and oxygen atoms in total. The van der Waals surface area contributed by atoms with Crippen molar-refractivity contribution in [2.45, 2.75) is 39.3 Å². The van der Waals surface area contributed by atoms with E-state index in [0.717, 1.165) is 12.0 Å². The fraction of sp³-hybridized carbons (Fsp3) is 0.556. The van der Waals surface area contributed by atoms with E-state index in [2.05, 4.69) is 19.2 Å². The number of benzene rings is 1. The molecule has 126 valence electrons. The molecule has 1 atom stereocenters. The average molecular weight is 318 g/mol. The topological polar surface area (TPSA) is 58.6 Å². The molecule has 1 aromatic carbocycles. The van der Waals surface area contributed by atoms with Crippen molar-refractivity contribution in [3.63, 3.8) is 0 Å². The van der Waals surface area contributed by atoms with Crippen molar-refractivity contribution in [2.24, 2.45) is 5.92 Å². The fourth-order valence-corrected chi connectivity index (χ4v) is 2.55. The van der Waals surface area contributed by atoms with Crippen molar-refractivity contribution in [1.29, 1.82) is 0 Å². The highest BCUT2D eigenvalue weighted by atomic mass is 16.6. The van der Waals surface area contributed by atoms with Gasteiger partial charge in [-0.2, -0.15) is 0 Å². The summed E-state index contributed by atoms with van der Waals surface area (Å²) < 4.78 is 5.34. The number of nitrogens with zero attached hydrogens (tertiary/aromatic N) is 1. The summed E-state index contributed by atoms with van der Waals surface area (Å²) in [4.78, 5) is 26.0. The number of carbonyl (C=O) groups is 2. The van der Waals surface area contributed by atoms with Crippen LogP contribution in [-0.2, 0) is 16.1 Å². The molecule has 1 aromatic rings. The van der Waals surface area contributed by atoms with Crippen molar-refractivity contribution in [2.75, 3.05) is 19.6 Å². The van der Waals surface area contributed by atoms with E-state index >= 15 is 0 Å². The summed E-state index contributed by atoms with van der Waals surface area (Å²) in [6.45, 7) is 6.06. The van der Waals surface area contributed by atoms with Crippen LogP contribution < -0.4 is 5.32 Å². The van der Waals surface area contributed by atoms with Crippen LogP contribution >= 0.6 is 0 Å². The predicted molar refractivity (Wildman–Crippen MR) is 89.1 cm³/mol. The van der Waals surface area contributed by atoms with Crippen LogP contribution in [0.15, 0.2) is 30.3 Å². The number of hydrogen-bond donors (Lipinski definition) is 1. The van der Waals surface area contributed by atoms with Gasteiger partial charge in [0.05, 0.1) is 6.04 Å². The van der Waals surface area contributed by atoms with Crippen molar-refractivity contribution in [1.82, 2.24) is 10.2 Å². The van der Waals surface area contributed by atoms with E-state index < -0.39 is 0 Å². The molecule has 1 saturated heterocycles. The van der Waals surface area contributed by atoms with Gasteiger partial charge in [0.1, 0.15) is 6.61 Å². The van der Waals surface area contributed by atoms with Crippen LogP contribution in [0.4, 0.5) is 4.79 Å². The molecule has 1 aliphatic rings. The van der Waals surface area contributed by atoms with Crippen LogP contribution in [0.25, 0.3) is 0 Å². The van der Waals surface area contributed by atoms with Crippen LogP contribution in [0, 0.1) is 5.92 Å². The Balaban J connectivity index is 1.80. The second-order valence-electron chi connectivity index (χ2n) is 6.39. The molecule has 0 saturated carbocycles. The predicted octanol–water partition coefficient (Wildman–Crippen LogP) is 2.60. The zero-order valence-corrected chi connectivity index (χ0v) is 14.0. The summed E-state index contributed by atoms with van der Waals surface area (Å²) >= 11 is 0. The van der Waals surface area contributed by atoms with Crippen LogP contribution in [0.5, 0.6) is 0 Å². The Hall–Kier alpha value is -1.88. The molecule has 1 aliphatic heterocycles. The molecule has 2 rings (SSSR count). The molecule has 0 unspecified atom stereocenters. The highest BCUT2D eigenvalue weighted by molar-refractivity contribution is 5.85. The third kappa shape index (κ3) is 5.67. The van der Waals surface area contributed by atoms with Gasteiger partial charge in [-0.1, -0.05) is 44.2 Å². The van der Waals surface area contributed by atoms with Crippen molar-refractivity contribution in [3.8, 4) is 0 Å². The third-order valence-corrected chi connectivity index (χ3v) is 4.00. The molecule has 0 radical (unpaired) electrons. The largest absolute Gasteiger partial charge is 0.445 e. The molecule has 0 spiro atoms. The molecule has 23 heavy (non-hydrogen) atoms. The van der Waals surface area contributed by atoms with Gasteiger partial charge in [0, 0.05) is 26.1 Å². The van der Waals surface area contributed by atoms with E-state index in [-0.39, 0.29) is 24.5 Å². The number of carbonyl (C=O) groups excluding carboxylic acids is 2. The van der Waals surface area contributed by atoms with Crippen LogP contribution in [0.3, 0.4) is 0 Å². The van der Waals surface area contributed by atoms with Crippen molar-refractivity contribution >= 4 is 11.9 Å². The third-order valence-electron chi connectivity index (χ3n) is 4.00. The zero-order valence-electron chi connectivity index (χ0n) is 14.0. The minimum atomic E-state index is -0.350. The Bertz CT molecular complexity index is 516. The Morgan fingerprint density at radius 3 is 2.74 bits per heavy atom. The van der Waals surface area contributed by atoms with E-state index in [1.807, 2.05) is 30.3 Å². The van der Waals surface area contributed by atoms with Crippen molar-refractivity contribution < 1.29 is 14.3 Å². The summed E-state index contributed by atoms with van der Waals surface area (Å²) in [5.74, 6) is 0.689. The van der Waals surface area contributed by atoms with Gasteiger partial charge in [-0.15, -0.1) is 0 Å². The molecular weight excluding hydrogens is 292 g/mol. The first-order valence-corrected chi connectivity index (χ1v) is 8.28. The normalized spacial score (nSPS) is 18.0. The SMILES string of the molecule is CC(C)CCC(=O)[C@@H]1CN(C(=O)OCc2ccccc2)CCN1. The quantitative estimate of drug-likeness (QED) is 0.876. The molecule has 0 aliphatic carbocycles. The zero-order chi connectivity index (χ0) is 16.7. The van der Waals surface area contributed by atoms with Gasteiger partial charge in [-0.05, 0) is 17.9 Å². The first-order chi connectivity index (χ1) is 11.1. The van der Waals surface area contributed by atoms with E-state index in [1.54, 1.807) is 4.90 Å². The molecule has 1 N–H and O–H groups in total. The van der Waals surface area contributed by atoms with Crippen LogP contribution in [0.1, 0.15) is 32.3 Å². The van der Waals surface area contributed by atoms with Crippen molar-refractivity contribution in [3.05, 3.63) is 35.9 Å². The standard InChI is InChI=1S/C18H26N2O3/c1-14(2)8-9-17(21)16-12-20(11-10-19-16)18(22)23-13-15-6-4-3-5-7-15/h3-7,14,16,19H,8-13H2,1-2H3/t16-/m0/s1. The van der Waals surface area contributed by atoms with E-state index in [4.69, 9.17) is 4.74 Å². The Labute approximate surface area is 138 Å². The Kier molecular flexibility index (Phi) is 6.59. The summed E-state index contributed by atoms with van der Waals surface area (Å²) in [5, 5.41) is 3.20. The second-order valence-corrected chi connectivity index (χ2v) is 6.39. The summed E-state index contributed by atoms with van der Waals surface area (Å²) in [6, 6.07) is 9.32. The maximum atomic E-state index is 12.2. The Morgan fingerprint density at radius 2 is 2.04 bits per heavy atom. The molecule has 0 bridgehead atoms. The number of Topliss-reactive ketones (excluding diaryl/α,β-unsaturated/α-hetero) is 1. The molecular formula is C18H26N2O3. The summed E-state index contributed by atoms with van der Waals surface area (Å²) in [6.07, 6.45) is 1.09. The smallest absolute Gasteiger partial charge is 0.410 e. The van der Waals surface area contributed by atoms with Gasteiger partial charge in [-0.25, -0.2) is 4.79 Å². The van der Waals surface area contributed by atoms with E-state index in [9.17, 15) is 9.59 Å². The lowest BCUT2D eigenvalue weighted by Crippen LogP contribution is -2.55. The second kappa shape index (κ2) is 8.67. The Morgan fingerprint density at radius 1 is 1.30 bits per heavy atom. The average Bonchev–Trinajstić information content (AvgIpc) is 2.58.